The molecule has 0 aromatic carbocycles. The van der Waals surface area contributed by atoms with E-state index >= 15 is 0 Å². The van der Waals surface area contributed by atoms with E-state index in [9.17, 15) is 8.42 Å². The van der Waals surface area contributed by atoms with Crippen molar-refractivity contribution in [3.8, 4) is 0 Å². The number of aromatic nitrogens is 2. The number of hydrogen-bond acceptors (Lipinski definition) is 4. The fourth-order valence-corrected chi connectivity index (χ4v) is 4.27. The third kappa shape index (κ3) is 3.84. The molecule has 1 aliphatic heterocycles. The normalized spacial score (nSPS) is 21.0. The van der Waals surface area contributed by atoms with Crippen molar-refractivity contribution >= 4 is 10.0 Å². The topological polar surface area (TPSA) is 78.1 Å². The zero-order valence-corrected chi connectivity index (χ0v) is 13.9. The molecule has 2 heterocycles. The Labute approximate surface area is 127 Å². The van der Waals surface area contributed by atoms with Crippen molar-refractivity contribution in [3.05, 3.63) is 12.0 Å². The van der Waals surface area contributed by atoms with Gasteiger partial charge in [-0.1, -0.05) is 27.2 Å². The van der Waals surface area contributed by atoms with Gasteiger partial charge in [0.2, 0.25) is 0 Å². The summed E-state index contributed by atoms with van der Waals surface area (Å²) in [5, 5.41) is 3.57. The Morgan fingerprint density at radius 3 is 2.86 bits per heavy atom. The maximum atomic E-state index is 12.8. The molecule has 0 spiro atoms. The average Bonchev–Trinajstić information content (AvgIpc) is 2.95. The highest BCUT2D eigenvalue weighted by Gasteiger charge is 2.34. The standard InChI is InChI=1S/C14H26N4O2S/c1-4-13-16-10-14(17-13)21(19,20)18-8-6-5-7-12(18)9-15-11(2)3/h10-12,15H,4-9H2,1-3H3,(H,16,17). The lowest BCUT2D eigenvalue weighted by molar-refractivity contribution is 0.241. The van der Waals surface area contributed by atoms with Gasteiger partial charge >= 0.3 is 0 Å². The lowest BCUT2D eigenvalue weighted by Gasteiger charge is -2.34. The molecule has 1 saturated heterocycles. The van der Waals surface area contributed by atoms with E-state index < -0.39 is 10.0 Å². The summed E-state index contributed by atoms with van der Waals surface area (Å²) in [6.45, 7) is 7.39. The molecule has 2 N–H and O–H groups in total. The van der Waals surface area contributed by atoms with Crippen LogP contribution in [0, 0.1) is 0 Å². The Balaban J connectivity index is 2.18. The van der Waals surface area contributed by atoms with Gasteiger partial charge < -0.3 is 10.3 Å². The molecular weight excluding hydrogens is 288 g/mol. The molecule has 1 aromatic heterocycles. The molecule has 6 nitrogen and oxygen atoms in total. The maximum absolute atomic E-state index is 12.8. The quantitative estimate of drug-likeness (QED) is 0.834. The second-order valence-corrected chi connectivity index (χ2v) is 7.73. The first-order valence-electron chi connectivity index (χ1n) is 7.74. The van der Waals surface area contributed by atoms with Crippen LogP contribution in [0.4, 0.5) is 0 Å². The first-order chi connectivity index (χ1) is 9.95. The van der Waals surface area contributed by atoms with E-state index in [0.29, 0.717) is 31.4 Å². The van der Waals surface area contributed by atoms with Crippen LogP contribution in [0.2, 0.25) is 0 Å². The van der Waals surface area contributed by atoms with Gasteiger partial charge in [0.15, 0.2) is 5.03 Å². The van der Waals surface area contributed by atoms with Crippen LogP contribution in [0.25, 0.3) is 0 Å². The molecule has 1 aromatic rings. The predicted octanol–water partition coefficient (Wildman–Crippen LogP) is 1.51. The van der Waals surface area contributed by atoms with E-state index in [1.54, 1.807) is 4.31 Å². The van der Waals surface area contributed by atoms with Crippen LogP contribution in [0.15, 0.2) is 11.2 Å². The smallest absolute Gasteiger partial charge is 0.260 e. The SMILES string of the molecule is CCc1ncc(S(=O)(=O)N2CCCCC2CNC(C)C)[nH]1. The molecule has 1 aliphatic rings. The van der Waals surface area contributed by atoms with E-state index in [1.807, 2.05) is 6.92 Å². The molecule has 0 bridgehead atoms. The van der Waals surface area contributed by atoms with Gasteiger partial charge in [0.1, 0.15) is 5.82 Å². The Morgan fingerprint density at radius 1 is 1.48 bits per heavy atom. The Morgan fingerprint density at radius 2 is 2.24 bits per heavy atom. The molecule has 2 rings (SSSR count). The molecule has 0 amide bonds. The Bertz CT molecular complexity index is 553. The number of imidazole rings is 1. The first-order valence-corrected chi connectivity index (χ1v) is 9.18. The minimum atomic E-state index is -3.47. The summed E-state index contributed by atoms with van der Waals surface area (Å²) in [6.07, 6.45) is 5.06. The van der Waals surface area contributed by atoms with Crippen molar-refractivity contribution in [2.24, 2.45) is 0 Å². The van der Waals surface area contributed by atoms with Crippen molar-refractivity contribution in [1.29, 1.82) is 0 Å². The van der Waals surface area contributed by atoms with Gasteiger partial charge in [-0.25, -0.2) is 13.4 Å². The lowest BCUT2D eigenvalue weighted by Crippen LogP contribution is -2.49. The minimum absolute atomic E-state index is 0.0273. The van der Waals surface area contributed by atoms with E-state index in [1.165, 1.54) is 6.20 Å². The van der Waals surface area contributed by atoms with E-state index in [4.69, 9.17) is 0 Å². The van der Waals surface area contributed by atoms with Crippen LogP contribution in [0.1, 0.15) is 45.9 Å². The van der Waals surface area contributed by atoms with Gasteiger partial charge in [0.25, 0.3) is 10.0 Å². The van der Waals surface area contributed by atoms with E-state index in [-0.39, 0.29) is 11.1 Å². The predicted molar refractivity (Wildman–Crippen MR) is 82.6 cm³/mol. The van der Waals surface area contributed by atoms with E-state index in [2.05, 4.69) is 29.1 Å². The molecule has 0 saturated carbocycles. The zero-order valence-electron chi connectivity index (χ0n) is 13.1. The van der Waals surface area contributed by atoms with Crippen molar-refractivity contribution in [2.75, 3.05) is 13.1 Å². The molecule has 0 aliphatic carbocycles. The highest BCUT2D eigenvalue weighted by Crippen LogP contribution is 2.24. The van der Waals surface area contributed by atoms with E-state index in [0.717, 1.165) is 19.3 Å². The van der Waals surface area contributed by atoms with Crippen molar-refractivity contribution in [2.45, 2.75) is 63.6 Å². The fraction of sp³-hybridized carbons (Fsp3) is 0.786. The molecule has 0 radical (unpaired) electrons. The van der Waals surface area contributed by atoms with Crippen molar-refractivity contribution in [3.63, 3.8) is 0 Å². The summed E-state index contributed by atoms with van der Waals surface area (Å²) in [7, 11) is -3.47. The Hall–Kier alpha value is -0.920. The molecule has 120 valence electrons. The van der Waals surface area contributed by atoms with Gasteiger partial charge in [-0.05, 0) is 12.8 Å². The number of sulfonamides is 1. The molecule has 21 heavy (non-hydrogen) atoms. The first kappa shape index (κ1) is 16.5. The van der Waals surface area contributed by atoms with Crippen LogP contribution in [0.5, 0.6) is 0 Å². The number of H-pyrrole nitrogens is 1. The fourth-order valence-electron chi connectivity index (χ4n) is 2.65. The second kappa shape index (κ2) is 6.89. The van der Waals surface area contributed by atoms with Gasteiger partial charge in [-0.3, -0.25) is 0 Å². The molecule has 1 atom stereocenters. The second-order valence-electron chi connectivity index (χ2n) is 5.88. The van der Waals surface area contributed by atoms with Gasteiger partial charge in [0, 0.05) is 31.6 Å². The third-order valence-corrected chi connectivity index (χ3v) is 5.72. The number of aryl methyl sites for hydroxylation is 1. The zero-order chi connectivity index (χ0) is 15.5. The van der Waals surface area contributed by atoms with Crippen LogP contribution < -0.4 is 5.32 Å². The molecule has 7 heteroatoms. The van der Waals surface area contributed by atoms with Crippen molar-refractivity contribution in [1.82, 2.24) is 19.6 Å². The van der Waals surface area contributed by atoms with Crippen LogP contribution in [0.3, 0.4) is 0 Å². The summed E-state index contributed by atoms with van der Waals surface area (Å²) in [5.41, 5.74) is 0. The lowest BCUT2D eigenvalue weighted by atomic mass is 10.0. The number of rotatable bonds is 6. The van der Waals surface area contributed by atoms with Crippen LogP contribution in [-0.4, -0.2) is 47.9 Å². The maximum Gasteiger partial charge on any atom is 0.260 e. The molecule has 1 unspecified atom stereocenters. The number of nitrogens with zero attached hydrogens (tertiary/aromatic N) is 2. The van der Waals surface area contributed by atoms with Crippen LogP contribution >= 0.6 is 0 Å². The number of piperidine rings is 1. The largest absolute Gasteiger partial charge is 0.332 e. The monoisotopic (exact) mass is 314 g/mol. The molecular formula is C14H26N4O2S. The highest BCUT2D eigenvalue weighted by molar-refractivity contribution is 7.89. The summed E-state index contributed by atoms with van der Waals surface area (Å²) in [5.74, 6) is 0.711. The molecule has 1 fully saturated rings. The van der Waals surface area contributed by atoms with Gasteiger partial charge in [-0.15, -0.1) is 0 Å². The van der Waals surface area contributed by atoms with Crippen molar-refractivity contribution < 1.29 is 8.42 Å². The third-order valence-electron chi connectivity index (χ3n) is 3.86. The minimum Gasteiger partial charge on any atom is -0.332 e. The summed E-state index contributed by atoms with van der Waals surface area (Å²) >= 11 is 0. The number of nitrogens with one attached hydrogen (secondary N) is 2. The highest BCUT2D eigenvalue weighted by atomic mass is 32.2. The van der Waals surface area contributed by atoms with Gasteiger partial charge in [-0.2, -0.15) is 4.31 Å². The average molecular weight is 314 g/mol. The summed E-state index contributed by atoms with van der Waals surface area (Å²) < 4.78 is 27.2. The van der Waals surface area contributed by atoms with Gasteiger partial charge in [0.05, 0.1) is 6.20 Å². The summed E-state index contributed by atoms with van der Waals surface area (Å²) in [6, 6.07) is 0.384. The number of hydrogen-bond donors (Lipinski definition) is 2. The Kier molecular flexibility index (Phi) is 5.40. The van der Waals surface area contributed by atoms with Crippen LogP contribution in [-0.2, 0) is 16.4 Å². The number of aromatic amines is 1. The summed E-state index contributed by atoms with van der Waals surface area (Å²) in [4.78, 5) is 7.04.